The van der Waals surface area contributed by atoms with Crippen LogP contribution in [0.4, 0.5) is 11.4 Å². The number of nitrogens with zero attached hydrogens (tertiary/aromatic N) is 2. The lowest BCUT2D eigenvalue weighted by atomic mass is 10.1. The molecule has 0 radical (unpaired) electrons. The summed E-state index contributed by atoms with van der Waals surface area (Å²) in [5.74, 6) is -0.452. The molecule has 3 aromatic rings. The molecule has 0 aromatic heterocycles. The highest BCUT2D eigenvalue weighted by Gasteiger charge is 2.41. The largest absolute Gasteiger partial charge is 0.495 e. The van der Waals surface area contributed by atoms with E-state index in [0.29, 0.717) is 32.7 Å². The number of hydrogen-bond donors (Lipinski definition) is 1. The molecular weight excluding hydrogens is 505 g/mol. The predicted octanol–water partition coefficient (Wildman–Crippen LogP) is 6.07. The van der Waals surface area contributed by atoms with Gasteiger partial charge in [0, 0.05) is 5.69 Å². The van der Waals surface area contributed by atoms with E-state index in [1.54, 1.807) is 66.7 Å². The first-order valence-electron chi connectivity index (χ1n) is 10.5. The number of anilines is 2. The van der Waals surface area contributed by atoms with Gasteiger partial charge in [0.1, 0.15) is 22.4 Å². The maximum atomic E-state index is 13.6. The van der Waals surface area contributed by atoms with Crippen LogP contribution in [0.15, 0.2) is 83.4 Å². The molecule has 0 aliphatic carbocycles. The van der Waals surface area contributed by atoms with Crippen LogP contribution in [0.1, 0.15) is 5.56 Å². The van der Waals surface area contributed by atoms with Gasteiger partial charge < -0.3 is 10.1 Å². The van der Waals surface area contributed by atoms with Crippen molar-refractivity contribution in [2.75, 3.05) is 17.3 Å². The van der Waals surface area contributed by atoms with E-state index in [0.717, 1.165) is 11.8 Å². The van der Waals surface area contributed by atoms with Crippen LogP contribution in [0.25, 0.3) is 0 Å². The van der Waals surface area contributed by atoms with Crippen molar-refractivity contribution in [1.82, 2.24) is 0 Å². The van der Waals surface area contributed by atoms with Gasteiger partial charge in [-0.1, -0.05) is 77.4 Å². The summed E-state index contributed by atoms with van der Waals surface area (Å²) in [4.78, 5) is 28.2. The van der Waals surface area contributed by atoms with Crippen LogP contribution >= 0.6 is 35.0 Å². The van der Waals surface area contributed by atoms with Crippen molar-refractivity contribution in [3.05, 3.63) is 99.0 Å². The molecule has 1 aliphatic rings. The van der Waals surface area contributed by atoms with Gasteiger partial charge in [-0.25, -0.2) is 0 Å². The van der Waals surface area contributed by atoms with Gasteiger partial charge in [0.2, 0.25) is 5.91 Å². The number of hydrogen-bond acceptors (Lipinski definition) is 5. The Hall–Kier alpha value is -3.44. The van der Waals surface area contributed by atoms with E-state index >= 15 is 0 Å². The second kappa shape index (κ2) is 10.9. The third kappa shape index (κ3) is 5.15. The van der Waals surface area contributed by atoms with E-state index in [4.69, 9.17) is 27.9 Å². The molecule has 176 valence electrons. The molecule has 35 heavy (non-hydrogen) atoms. The lowest BCUT2D eigenvalue weighted by Gasteiger charge is -2.19. The van der Waals surface area contributed by atoms with Gasteiger partial charge in [-0.2, -0.15) is 5.26 Å². The first kappa shape index (κ1) is 24.7. The van der Waals surface area contributed by atoms with E-state index in [1.807, 2.05) is 12.1 Å². The first-order valence-corrected chi connectivity index (χ1v) is 12.2. The number of para-hydroxylation sites is 3. The maximum Gasteiger partial charge on any atom is 0.269 e. The summed E-state index contributed by atoms with van der Waals surface area (Å²) in [6.45, 7) is 0. The van der Waals surface area contributed by atoms with Gasteiger partial charge in [-0.3, -0.25) is 14.5 Å². The van der Waals surface area contributed by atoms with E-state index in [1.165, 1.54) is 12.0 Å². The highest BCUT2D eigenvalue weighted by Crippen LogP contribution is 2.43. The average molecular weight is 524 g/mol. The van der Waals surface area contributed by atoms with Crippen LogP contribution < -0.4 is 15.0 Å². The van der Waals surface area contributed by atoms with Gasteiger partial charge in [-0.05, 0) is 42.3 Å². The fourth-order valence-electron chi connectivity index (χ4n) is 3.64. The molecule has 1 fully saturated rings. The van der Waals surface area contributed by atoms with Crippen LogP contribution in [0.2, 0.25) is 10.0 Å². The van der Waals surface area contributed by atoms with Crippen LogP contribution in [-0.2, 0) is 16.0 Å². The van der Waals surface area contributed by atoms with E-state index in [2.05, 4.69) is 5.32 Å². The number of rotatable bonds is 6. The highest BCUT2D eigenvalue weighted by molar-refractivity contribution is 8.05. The Labute approximate surface area is 217 Å². The number of thioether (sulfide) groups is 1. The lowest BCUT2D eigenvalue weighted by molar-refractivity contribution is -0.117. The van der Waals surface area contributed by atoms with E-state index in [-0.39, 0.29) is 22.9 Å². The van der Waals surface area contributed by atoms with Crippen molar-refractivity contribution >= 4 is 58.2 Å². The molecule has 6 nitrogen and oxygen atoms in total. The van der Waals surface area contributed by atoms with Crippen molar-refractivity contribution in [2.45, 2.75) is 11.7 Å². The second-order valence-corrected chi connectivity index (χ2v) is 9.46. The predicted molar refractivity (Wildman–Crippen MR) is 140 cm³/mol. The molecule has 0 spiro atoms. The van der Waals surface area contributed by atoms with E-state index in [9.17, 15) is 14.9 Å². The molecule has 4 rings (SSSR count). The van der Waals surface area contributed by atoms with Crippen LogP contribution in [0, 0.1) is 11.3 Å². The van der Waals surface area contributed by atoms with Crippen molar-refractivity contribution in [3.8, 4) is 11.8 Å². The average Bonchev–Trinajstić information content (AvgIpc) is 3.18. The summed E-state index contributed by atoms with van der Waals surface area (Å²) in [5.41, 5.74) is 1.49. The minimum absolute atomic E-state index is 0.183. The Balaban J connectivity index is 1.74. The van der Waals surface area contributed by atoms with Gasteiger partial charge in [0.25, 0.3) is 5.91 Å². The van der Waals surface area contributed by atoms with Gasteiger partial charge >= 0.3 is 0 Å². The number of carbonyl (C=O) groups excluding carboxylic acids is 2. The third-order valence-corrected chi connectivity index (χ3v) is 7.43. The Morgan fingerprint density at radius 2 is 1.80 bits per heavy atom. The summed E-state index contributed by atoms with van der Waals surface area (Å²) >= 11 is 13.7. The lowest BCUT2D eigenvalue weighted by Crippen LogP contribution is -2.31. The number of carbonyl (C=O) groups is 2. The summed E-state index contributed by atoms with van der Waals surface area (Å²) in [7, 11) is 1.49. The number of benzene rings is 3. The zero-order valence-corrected chi connectivity index (χ0v) is 20.8. The highest BCUT2D eigenvalue weighted by atomic mass is 35.5. The zero-order valence-electron chi connectivity index (χ0n) is 18.5. The van der Waals surface area contributed by atoms with Gasteiger partial charge in [-0.15, -0.1) is 0 Å². The maximum absolute atomic E-state index is 13.6. The smallest absolute Gasteiger partial charge is 0.269 e. The van der Waals surface area contributed by atoms with E-state index < -0.39 is 11.2 Å². The van der Waals surface area contributed by atoms with Crippen molar-refractivity contribution in [1.29, 1.82) is 5.26 Å². The Bertz CT molecular complexity index is 1360. The molecule has 1 aliphatic heterocycles. The normalized spacial score (nSPS) is 16.6. The molecular formula is C26H19Cl2N3O3S. The molecule has 1 saturated heterocycles. The minimum Gasteiger partial charge on any atom is -0.495 e. The van der Waals surface area contributed by atoms with Crippen molar-refractivity contribution < 1.29 is 14.3 Å². The Morgan fingerprint density at radius 1 is 1.09 bits per heavy atom. The Kier molecular flexibility index (Phi) is 7.67. The number of methoxy groups -OCH3 is 1. The SMILES string of the molecule is COc1ccccc1NC(=O)/C(C#N)=C1\S[C@H](Cc2cccc(Cl)c2Cl)C(=O)N1c1ccccc1. The molecule has 1 atom stereocenters. The van der Waals surface area contributed by atoms with Gasteiger partial charge in [0.15, 0.2) is 0 Å². The van der Waals surface area contributed by atoms with Crippen molar-refractivity contribution in [3.63, 3.8) is 0 Å². The molecule has 0 bridgehead atoms. The molecule has 0 unspecified atom stereocenters. The molecule has 2 amide bonds. The number of amides is 2. The third-order valence-electron chi connectivity index (χ3n) is 5.31. The summed E-state index contributed by atoms with van der Waals surface area (Å²) in [6, 6.07) is 23.0. The van der Waals surface area contributed by atoms with Gasteiger partial charge in [0.05, 0.1) is 28.1 Å². The summed E-state index contributed by atoms with van der Waals surface area (Å²) in [5, 5.41) is 13.1. The number of nitriles is 1. The van der Waals surface area contributed by atoms with Crippen LogP contribution in [-0.4, -0.2) is 24.2 Å². The van der Waals surface area contributed by atoms with Crippen LogP contribution in [0.5, 0.6) is 5.75 Å². The molecule has 9 heteroatoms. The quantitative estimate of drug-likeness (QED) is 0.313. The van der Waals surface area contributed by atoms with Crippen molar-refractivity contribution in [2.24, 2.45) is 0 Å². The zero-order chi connectivity index (χ0) is 24.9. The molecule has 1 N–H and O–H groups in total. The first-order chi connectivity index (χ1) is 16.9. The molecule has 1 heterocycles. The number of ether oxygens (including phenoxy) is 1. The second-order valence-electron chi connectivity index (χ2n) is 7.48. The number of nitrogens with one attached hydrogen (secondary N) is 1. The topological polar surface area (TPSA) is 82.4 Å². The summed E-state index contributed by atoms with van der Waals surface area (Å²) < 4.78 is 5.29. The molecule has 3 aromatic carbocycles. The monoisotopic (exact) mass is 523 g/mol. The number of halogens is 2. The fraction of sp³-hybridized carbons (Fsp3) is 0.115. The fourth-order valence-corrected chi connectivity index (χ4v) is 5.33. The minimum atomic E-state index is -0.644. The standard InChI is InChI=1S/C26H19Cl2N3O3S/c1-34-21-13-6-5-12-20(21)30-24(32)18(15-29)26-31(17-9-3-2-4-10-17)25(33)22(35-26)14-16-8-7-11-19(27)23(16)28/h2-13,22H,14H2,1H3,(H,30,32)/b26-18-/t22-/m1/s1. The molecule has 0 saturated carbocycles. The Morgan fingerprint density at radius 3 is 2.51 bits per heavy atom. The summed E-state index contributed by atoms with van der Waals surface area (Å²) in [6.07, 6.45) is 0.280. The van der Waals surface area contributed by atoms with Crippen LogP contribution in [0.3, 0.4) is 0 Å².